The Bertz CT molecular complexity index is 991. The molecule has 0 atom stereocenters. The van der Waals surface area contributed by atoms with Crippen molar-refractivity contribution in [1.29, 1.82) is 0 Å². The monoisotopic (exact) mass is 372 g/mol. The molecule has 4 nitrogen and oxygen atoms in total. The van der Waals surface area contributed by atoms with Crippen molar-refractivity contribution in [3.8, 4) is 11.3 Å². The van der Waals surface area contributed by atoms with Crippen molar-refractivity contribution in [2.45, 2.75) is 13.1 Å². The number of halogens is 3. The van der Waals surface area contributed by atoms with E-state index in [1.807, 2.05) is 19.1 Å². The summed E-state index contributed by atoms with van der Waals surface area (Å²) in [5.74, 6) is 0.203. The average Bonchev–Trinajstić information content (AvgIpc) is 3.10. The first kappa shape index (κ1) is 18.4. The molecule has 0 saturated carbocycles. The molecule has 3 rings (SSSR count). The van der Waals surface area contributed by atoms with Crippen LogP contribution in [0.4, 0.5) is 13.2 Å². The summed E-state index contributed by atoms with van der Waals surface area (Å²) in [6, 6.07) is 15.0. The van der Waals surface area contributed by atoms with E-state index >= 15 is 0 Å². The zero-order valence-corrected chi connectivity index (χ0v) is 14.2. The maximum atomic E-state index is 12.8. The summed E-state index contributed by atoms with van der Waals surface area (Å²) in [6.45, 7) is 1.81. The Morgan fingerprint density at radius 2 is 1.85 bits per heavy atom. The standard InChI is InChI=1S/C20H15F3N2O2/c1-13-5-2-3-8-17(13)19(26)25-24-12-16-9-10-18(27-16)14-6-4-7-15(11-14)20(21,22)23/h2-12H,1H3,(H,25,26)/b24-12+. The quantitative estimate of drug-likeness (QED) is 0.515. The van der Waals surface area contributed by atoms with Crippen LogP contribution in [-0.4, -0.2) is 12.1 Å². The lowest BCUT2D eigenvalue weighted by Gasteiger charge is -2.07. The van der Waals surface area contributed by atoms with Crippen LogP contribution in [0, 0.1) is 6.92 Å². The normalized spacial score (nSPS) is 11.7. The minimum Gasteiger partial charge on any atom is -0.455 e. The Labute approximate surface area is 153 Å². The Morgan fingerprint density at radius 3 is 2.59 bits per heavy atom. The maximum absolute atomic E-state index is 12.8. The summed E-state index contributed by atoms with van der Waals surface area (Å²) >= 11 is 0. The van der Waals surface area contributed by atoms with Crippen molar-refractivity contribution in [2.24, 2.45) is 5.10 Å². The van der Waals surface area contributed by atoms with E-state index in [2.05, 4.69) is 10.5 Å². The van der Waals surface area contributed by atoms with Crippen LogP contribution in [-0.2, 0) is 6.18 Å². The van der Waals surface area contributed by atoms with Crippen molar-refractivity contribution in [1.82, 2.24) is 5.43 Å². The van der Waals surface area contributed by atoms with Crippen LogP contribution in [0.3, 0.4) is 0 Å². The highest BCUT2D eigenvalue weighted by Gasteiger charge is 2.30. The van der Waals surface area contributed by atoms with Gasteiger partial charge in [0.2, 0.25) is 0 Å². The van der Waals surface area contributed by atoms with Gasteiger partial charge in [0, 0.05) is 11.1 Å². The number of carbonyl (C=O) groups excluding carboxylic acids is 1. The number of carbonyl (C=O) groups is 1. The number of aryl methyl sites for hydroxylation is 1. The number of hydrazone groups is 1. The second-order valence-corrected chi connectivity index (χ2v) is 5.79. The smallest absolute Gasteiger partial charge is 0.416 e. The third-order valence-electron chi connectivity index (χ3n) is 3.85. The largest absolute Gasteiger partial charge is 0.455 e. The van der Waals surface area contributed by atoms with Gasteiger partial charge in [-0.15, -0.1) is 0 Å². The van der Waals surface area contributed by atoms with Gasteiger partial charge in [0.15, 0.2) is 0 Å². The number of nitrogens with one attached hydrogen (secondary N) is 1. The number of amides is 1. The molecular formula is C20H15F3N2O2. The fourth-order valence-electron chi connectivity index (χ4n) is 2.47. The lowest BCUT2D eigenvalue weighted by molar-refractivity contribution is -0.137. The number of furan rings is 1. The van der Waals surface area contributed by atoms with Crippen molar-refractivity contribution >= 4 is 12.1 Å². The minimum absolute atomic E-state index is 0.271. The third-order valence-corrected chi connectivity index (χ3v) is 3.85. The molecule has 0 aliphatic heterocycles. The molecule has 0 radical (unpaired) electrons. The second-order valence-electron chi connectivity index (χ2n) is 5.79. The fourth-order valence-corrected chi connectivity index (χ4v) is 2.47. The van der Waals surface area contributed by atoms with Gasteiger partial charge in [0.25, 0.3) is 5.91 Å². The molecule has 1 amide bonds. The van der Waals surface area contributed by atoms with E-state index in [1.165, 1.54) is 18.3 Å². The van der Waals surface area contributed by atoms with Crippen LogP contribution < -0.4 is 5.43 Å². The molecule has 2 aromatic carbocycles. The molecule has 27 heavy (non-hydrogen) atoms. The van der Waals surface area contributed by atoms with Crippen LogP contribution in [0.2, 0.25) is 0 Å². The van der Waals surface area contributed by atoms with Crippen molar-refractivity contribution in [3.63, 3.8) is 0 Å². The number of hydrogen-bond acceptors (Lipinski definition) is 3. The van der Waals surface area contributed by atoms with E-state index in [0.717, 1.165) is 17.7 Å². The molecule has 1 aromatic heterocycles. The Hall–Kier alpha value is -3.35. The van der Waals surface area contributed by atoms with Gasteiger partial charge in [-0.3, -0.25) is 4.79 Å². The number of nitrogens with zero attached hydrogens (tertiary/aromatic N) is 1. The van der Waals surface area contributed by atoms with Crippen LogP contribution in [0.25, 0.3) is 11.3 Å². The molecule has 0 aliphatic rings. The van der Waals surface area contributed by atoms with Crippen molar-refractivity contribution in [3.05, 3.63) is 83.1 Å². The van der Waals surface area contributed by atoms with Gasteiger partial charge >= 0.3 is 6.18 Å². The first-order valence-corrected chi connectivity index (χ1v) is 8.01. The van der Waals surface area contributed by atoms with E-state index in [-0.39, 0.29) is 11.7 Å². The lowest BCUT2D eigenvalue weighted by atomic mass is 10.1. The third kappa shape index (κ3) is 4.44. The van der Waals surface area contributed by atoms with Gasteiger partial charge in [0.05, 0.1) is 11.8 Å². The molecule has 1 heterocycles. The van der Waals surface area contributed by atoms with E-state index in [4.69, 9.17) is 4.42 Å². The van der Waals surface area contributed by atoms with Crippen LogP contribution in [0.5, 0.6) is 0 Å². The Balaban J connectivity index is 1.70. The van der Waals surface area contributed by atoms with Gasteiger partial charge in [-0.1, -0.05) is 30.3 Å². The Kier molecular flexibility index (Phi) is 5.12. The molecule has 0 unspecified atom stereocenters. The highest BCUT2D eigenvalue weighted by Crippen LogP contribution is 2.32. The van der Waals surface area contributed by atoms with Crippen molar-refractivity contribution in [2.75, 3.05) is 0 Å². The zero-order chi connectivity index (χ0) is 19.4. The van der Waals surface area contributed by atoms with E-state index in [9.17, 15) is 18.0 Å². The van der Waals surface area contributed by atoms with E-state index in [1.54, 1.807) is 24.3 Å². The first-order chi connectivity index (χ1) is 12.8. The van der Waals surface area contributed by atoms with Crippen LogP contribution >= 0.6 is 0 Å². The molecule has 0 bridgehead atoms. The van der Waals surface area contributed by atoms with Crippen LogP contribution in [0.1, 0.15) is 27.2 Å². The van der Waals surface area contributed by atoms with Crippen molar-refractivity contribution < 1.29 is 22.4 Å². The Morgan fingerprint density at radius 1 is 1.07 bits per heavy atom. The second kappa shape index (κ2) is 7.49. The van der Waals surface area contributed by atoms with Gasteiger partial charge in [-0.05, 0) is 42.8 Å². The fraction of sp³-hybridized carbons (Fsp3) is 0.100. The number of benzene rings is 2. The highest BCUT2D eigenvalue weighted by molar-refractivity contribution is 5.96. The lowest BCUT2D eigenvalue weighted by Crippen LogP contribution is -2.18. The van der Waals surface area contributed by atoms with Gasteiger partial charge in [-0.2, -0.15) is 18.3 Å². The molecule has 0 saturated heterocycles. The van der Waals surface area contributed by atoms with Gasteiger partial charge in [0.1, 0.15) is 11.5 Å². The van der Waals surface area contributed by atoms with Gasteiger partial charge in [-0.25, -0.2) is 5.43 Å². The molecule has 0 aliphatic carbocycles. The van der Waals surface area contributed by atoms with E-state index < -0.39 is 11.7 Å². The number of hydrogen-bond donors (Lipinski definition) is 1. The predicted octanol–water partition coefficient (Wildman–Crippen LogP) is 5.04. The molecule has 138 valence electrons. The molecule has 0 spiro atoms. The minimum atomic E-state index is -4.42. The maximum Gasteiger partial charge on any atom is 0.416 e. The summed E-state index contributed by atoms with van der Waals surface area (Å²) < 4.78 is 43.9. The summed E-state index contributed by atoms with van der Waals surface area (Å²) in [4.78, 5) is 12.1. The summed E-state index contributed by atoms with van der Waals surface area (Å²) in [7, 11) is 0. The molecule has 3 aromatic rings. The summed E-state index contributed by atoms with van der Waals surface area (Å²) in [5, 5.41) is 3.82. The highest BCUT2D eigenvalue weighted by atomic mass is 19.4. The number of alkyl halides is 3. The molecular weight excluding hydrogens is 357 g/mol. The van der Waals surface area contributed by atoms with E-state index in [0.29, 0.717) is 16.9 Å². The molecule has 0 fully saturated rings. The predicted molar refractivity (Wildman–Crippen MR) is 95.4 cm³/mol. The summed E-state index contributed by atoms with van der Waals surface area (Å²) in [6.07, 6.45) is -3.14. The SMILES string of the molecule is Cc1ccccc1C(=O)N/N=C/c1ccc(-c2cccc(C(F)(F)F)c2)o1. The first-order valence-electron chi connectivity index (χ1n) is 8.01. The number of rotatable bonds is 4. The zero-order valence-electron chi connectivity index (χ0n) is 14.2. The molecule has 7 heteroatoms. The van der Waals surface area contributed by atoms with Gasteiger partial charge < -0.3 is 4.42 Å². The average molecular weight is 372 g/mol. The molecule has 1 N–H and O–H groups in total. The van der Waals surface area contributed by atoms with Crippen LogP contribution in [0.15, 0.2) is 70.2 Å². The summed E-state index contributed by atoms with van der Waals surface area (Å²) in [5.41, 5.74) is 3.25. The topological polar surface area (TPSA) is 54.6 Å².